The lowest BCUT2D eigenvalue weighted by Gasteiger charge is -2.27. The molecule has 10 heteroatoms. The monoisotopic (exact) mass is 515 g/mol. The average molecular weight is 516 g/mol. The molecule has 0 aliphatic heterocycles. The van der Waals surface area contributed by atoms with Crippen LogP contribution in [0, 0.1) is 11.8 Å². The molecule has 37 heavy (non-hydrogen) atoms. The minimum Gasteiger partial charge on any atom is -0.326 e. The van der Waals surface area contributed by atoms with Gasteiger partial charge in [-0.25, -0.2) is 14.8 Å². The Balaban J connectivity index is 1.56. The molecule has 4 heterocycles. The second kappa shape index (κ2) is 9.82. The molecule has 0 radical (unpaired) electrons. The van der Waals surface area contributed by atoms with Crippen molar-refractivity contribution >= 4 is 34.3 Å². The summed E-state index contributed by atoms with van der Waals surface area (Å²) in [4.78, 5) is 28.4. The highest BCUT2D eigenvalue weighted by atomic mass is 35.5. The largest absolute Gasteiger partial charge is 0.439 e. The number of hydrogen-bond donors (Lipinski definition) is 2. The summed E-state index contributed by atoms with van der Waals surface area (Å²) in [5.41, 5.74) is 4.37. The lowest BCUT2D eigenvalue weighted by molar-refractivity contribution is 0.267. The number of aromatic nitrogens is 6. The molecule has 188 valence electrons. The number of anilines is 2. The SMILES string of the molecule is CC1CCC(Cn2c(Nc3ccccc3)nc3cc(-c4noc(=O)[nH]4)nc(-c4cncc(Cl)c4)c32)CC1. The minimum absolute atomic E-state index is 0.233. The van der Waals surface area contributed by atoms with Gasteiger partial charge in [0.1, 0.15) is 5.69 Å². The Bertz CT molecular complexity index is 1600. The van der Waals surface area contributed by atoms with Gasteiger partial charge < -0.3 is 9.88 Å². The number of hydrogen-bond acceptors (Lipinski definition) is 7. The number of aromatic amines is 1. The molecular weight excluding hydrogens is 490 g/mol. The van der Waals surface area contributed by atoms with Crippen LogP contribution in [0.1, 0.15) is 32.6 Å². The summed E-state index contributed by atoms with van der Waals surface area (Å²) in [7, 11) is 0. The van der Waals surface area contributed by atoms with Crippen LogP contribution in [0.2, 0.25) is 5.02 Å². The Morgan fingerprint density at radius 1 is 1.11 bits per heavy atom. The Hall–Kier alpha value is -3.98. The number of fused-ring (bicyclic) bond motifs is 1. The van der Waals surface area contributed by atoms with E-state index in [1.807, 2.05) is 42.5 Å². The van der Waals surface area contributed by atoms with Gasteiger partial charge >= 0.3 is 5.76 Å². The highest BCUT2D eigenvalue weighted by Crippen LogP contribution is 2.36. The van der Waals surface area contributed by atoms with Crippen LogP contribution in [0.4, 0.5) is 11.6 Å². The molecule has 1 aromatic carbocycles. The zero-order valence-corrected chi connectivity index (χ0v) is 21.1. The van der Waals surface area contributed by atoms with Gasteiger partial charge in [0.15, 0.2) is 0 Å². The first-order valence-corrected chi connectivity index (χ1v) is 12.8. The quantitative estimate of drug-likeness (QED) is 0.282. The number of pyridine rings is 2. The van der Waals surface area contributed by atoms with Gasteiger partial charge in [0, 0.05) is 30.2 Å². The van der Waals surface area contributed by atoms with E-state index in [-0.39, 0.29) is 5.82 Å². The number of nitrogens with one attached hydrogen (secondary N) is 2. The number of nitrogens with zero attached hydrogens (tertiary/aromatic N) is 5. The summed E-state index contributed by atoms with van der Waals surface area (Å²) in [5.74, 6) is 1.60. The second-order valence-corrected chi connectivity index (χ2v) is 10.2. The maximum atomic E-state index is 11.7. The molecule has 1 saturated carbocycles. The number of para-hydroxylation sites is 1. The first-order chi connectivity index (χ1) is 18.0. The van der Waals surface area contributed by atoms with Crippen LogP contribution >= 0.6 is 11.6 Å². The van der Waals surface area contributed by atoms with Gasteiger partial charge in [-0.2, -0.15) is 0 Å². The Morgan fingerprint density at radius 3 is 2.65 bits per heavy atom. The average Bonchev–Trinajstić information content (AvgIpc) is 3.49. The number of benzene rings is 1. The highest BCUT2D eigenvalue weighted by molar-refractivity contribution is 6.30. The third-order valence-electron chi connectivity index (χ3n) is 6.99. The summed E-state index contributed by atoms with van der Waals surface area (Å²) in [6.45, 7) is 3.14. The fraction of sp³-hybridized carbons (Fsp3) is 0.296. The predicted molar refractivity (Wildman–Crippen MR) is 143 cm³/mol. The van der Waals surface area contributed by atoms with Crippen LogP contribution in [-0.2, 0) is 6.54 Å². The first kappa shape index (κ1) is 23.4. The number of rotatable bonds is 6. The van der Waals surface area contributed by atoms with Crippen LogP contribution in [0.5, 0.6) is 0 Å². The number of H-pyrrole nitrogens is 1. The van der Waals surface area contributed by atoms with Crippen molar-refractivity contribution in [3.63, 3.8) is 0 Å². The fourth-order valence-corrected chi connectivity index (χ4v) is 5.23. The van der Waals surface area contributed by atoms with E-state index in [9.17, 15) is 4.79 Å². The Kier molecular flexibility index (Phi) is 6.21. The molecule has 0 bridgehead atoms. The van der Waals surface area contributed by atoms with E-state index >= 15 is 0 Å². The fourth-order valence-electron chi connectivity index (χ4n) is 5.05. The van der Waals surface area contributed by atoms with Crippen molar-refractivity contribution in [2.45, 2.75) is 39.2 Å². The van der Waals surface area contributed by atoms with Crippen LogP contribution in [-0.4, -0.2) is 29.7 Å². The van der Waals surface area contributed by atoms with Gasteiger partial charge in [-0.3, -0.25) is 14.5 Å². The summed E-state index contributed by atoms with van der Waals surface area (Å²) in [6, 6.07) is 13.6. The third-order valence-corrected chi connectivity index (χ3v) is 7.20. The van der Waals surface area contributed by atoms with E-state index in [4.69, 9.17) is 26.1 Å². The van der Waals surface area contributed by atoms with Gasteiger partial charge in [-0.1, -0.05) is 54.7 Å². The molecule has 4 aromatic heterocycles. The van der Waals surface area contributed by atoms with E-state index in [1.54, 1.807) is 12.4 Å². The van der Waals surface area contributed by atoms with E-state index in [2.05, 4.69) is 31.9 Å². The molecule has 1 aliphatic carbocycles. The summed E-state index contributed by atoms with van der Waals surface area (Å²) < 4.78 is 6.96. The summed E-state index contributed by atoms with van der Waals surface area (Å²) in [5, 5.41) is 7.85. The zero-order valence-electron chi connectivity index (χ0n) is 20.3. The van der Waals surface area contributed by atoms with Crippen molar-refractivity contribution in [1.82, 2.24) is 29.7 Å². The smallest absolute Gasteiger partial charge is 0.326 e. The van der Waals surface area contributed by atoms with E-state index < -0.39 is 5.76 Å². The molecule has 5 aromatic rings. The van der Waals surface area contributed by atoms with Crippen LogP contribution in [0.15, 0.2) is 64.2 Å². The van der Waals surface area contributed by atoms with E-state index in [1.165, 1.54) is 25.7 Å². The van der Waals surface area contributed by atoms with Gasteiger partial charge in [-0.15, -0.1) is 0 Å². The van der Waals surface area contributed by atoms with E-state index in [0.29, 0.717) is 27.8 Å². The molecule has 1 fully saturated rings. The van der Waals surface area contributed by atoms with Crippen LogP contribution in [0.25, 0.3) is 33.8 Å². The second-order valence-electron chi connectivity index (χ2n) is 9.72. The van der Waals surface area contributed by atoms with Crippen LogP contribution < -0.4 is 11.1 Å². The standard InChI is InChI=1S/C27H26ClN7O2/c1-16-7-9-17(10-8-16)15-35-24-21(32-26(35)30-20-5-3-2-4-6-20)12-22(25-33-27(36)37-34-25)31-23(24)18-11-19(28)14-29-13-18/h2-6,11-14,16-17H,7-10,15H2,1H3,(H,30,32)(H,33,34,36). The van der Waals surface area contributed by atoms with Crippen molar-refractivity contribution in [2.75, 3.05) is 5.32 Å². The third kappa shape index (κ3) is 4.86. The number of halogens is 1. The molecule has 1 aliphatic rings. The lowest BCUT2D eigenvalue weighted by Crippen LogP contribution is -2.19. The minimum atomic E-state index is -0.647. The molecule has 0 amide bonds. The van der Waals surface area contributed by atoms with E-state index in [0.717, 1.165) is 35.2 Å². The normalized spacial score (nSPS) is 17.8. The van der Waals surface area contributed by atoms with Crippen molar-refractivity contribution in [3.8, 4) is 22.8 Å². The summed E-state index contributed by atoms with van der Waals surface area (Å²) >= 11 is 6.33. The van der Waals surface area contributed by atoms with Gasteiger partial charge in [-0.05, 0) is 48.9 Å². The molecule has 0 atom stereocenters. The zero-order chi connectivity index (χ0) is 25.4. The van der Waals surface area contributed by atoms with Gasteiger partial charge in [0.05, 0.1) is 21.7 Å². The Labute approximate surface area is 217 Å². The maximum absolute atomic E-state index is 11.7. The van der Waals surface area contributed by atoms with Gasteiger partial charge in [0.25, 0.3) is 0 Å². The summed E-state index contributed by atoms with van der Waals surface area (Å²) in [6.07, 6.45) is 8.12. The Morgan fingerprint density at radius 2 is 1.92 bits per heavy atom. The topological polar surface area (TPSA) is 115 Å². The molecule has 9 nitrogen and oxygen atoms in total. The van der Waals surface area contributed by atoms with Crippen molar-refractivity contribution in [3.05, 3.63) is 70.4 Å². The lowest BCUT2D eigenvalue weighted by atomic mass is 9.83. The van der Waals surface area contributed by atoms with Crippen molar-refractivity contribution in [2.24, 2.45) is 11.8 Å². The molecule has 0 spiro atoms. The highest BCUT2D eigenvalue weighted by Gasteiger charge is 2.25. The van der Waals surface area contributed by atoms with Crippen molar-refractivity contribution in [1.29, 1.82) is 0 Å². The number of imidazole rings is 1. The van der Waals surface area contributed by atoms with Crippen molar-refractivity contribution < 1.29 is 4.52 Å². The predicted octanol–water partition coefficient (Wildman–Crippen LogP) is 6.06. The van der Waals surface area contributed by atoms with Gasteiger partial charge in [0.2, 0.25) is 11.8 Å². The molecule has 2 N–H and O–H groups in total. The molecule has 0 saturated heterocycles. The molecule has 0 unspecified atom stereocenters. The molecule has 6 rings (SSSR count). The van der Waals surface area contributed by atoms with Crippen LogP contribution in [0.3, 0.4) is 0 Å². The maximum Gasteiger partial charge on any atom is 0.439 e. The first-order valence-electron chi connectivity index (χ1n) is 12.4. The molecular formula is C27H26ClN7O2.